The van der Waals surface area contributed by atoms with Gasteiger partial charge in [0.1, 0.15) is 0 Å². The van der Waals surface area contributed by atoms with Crippen LogP contribution in [0.4, 0.5) is 0 Å². The van der Waals surface area contributed by atoms with Crippen molar-refractivity contribution in [1.29, 1.82) is 0 Å². The second-order valence-corrected chi connectivity index (χ2v) is 6.33. The van der Waals surface area contributed by atoms with E-state index >= 15 is 0 Å². The number of nitrogens with zero attached hydrogens (tertiary/aromatic N) is 1. The van der Waals surface area contributed by atoms with Gasteiger partial charge in [-0.05, 0) is 50.4 Å². The van der Waals surface area contributed by atoms with E-state index in [-0.39, 0.29) is 5.78 Å². The number of hydrogen-bond donors (Lipinski definition) is 0. The van der Waals surface area contributed by atoms with Gasteiger partial charge >= 0.3 is 0 Å². The van der Waals surface area contributed by atoms with Gasteiger partial charge in [-0.25, -0.2) is 0 Å². The van der Waals surface area contributed by atoms with E-state index in [1.165, 1.54) is 25.7 Å². The predicted octanol–water partition coefficient (Wildman–Crippen LogP) is 4.14. The molecule has 2 nitrogen and oxygen atoms in total. The fraction of sp³-hybridized carbons (Fsp3) is 0.562. The van der Waals surface area contributed by atoms with Crippen LogP contribution < -0.4 is 0 Å². The molecule has 1 fully saturated rings. The normalized spacial score (nSPS) is 21.1. The lowest BCUT2D eigenvalue weighted by molar-refractivity contribution is 0.0932. The number of ketones is 1. The summed E-state index contributed by atoms with van der Waals surface area (Å²) in [6.07, 6.45) is 5.06. The second kappa shape index (κ2) is 7.20. The zero-order valence-corrected chi connectivity index (χ0v) is 13.2. The molecule has 1 aromatic rings. The Morgan fingerprint density at radius 3 is 2.68 bits per heavy atom. The number of Topliss-reactive ketones (excluding diaryl/α,β-unsaturated/α-hetero) is 1. The quantitative estimate of drug-likeness (QED) is 0.776. The highest BCUT2D eigenvalue weighted by Gasteiger charge is 2.18. The molecule has 0 saturated carbocycles. The monoisotopic (exact) mass is 323 g/mol. The molecule has 1 atom stereocenters. The van der Waals surface area contributed by atoms with Crippen molar-refractivity contribution in [2.45, 2.75) is 32.6 Å². The van der Waals surface area contributed by atoms with Crippen LogP contribution in [0, 0.1) is 5.92 Å². The van der Waals surface area contributed by atoms with Crippen molar-refractivity contribution < 1.29 is 4.79 Å². The molecular weight excluding hydrogens is 302 g/mol. The van der Waals surface area contributed by atoms with E-state index in [0.717, 1.165) is 29.0 Å². The largest absolute Gasteiger partial charge is 0.296 e. The van der Waals surface area contributed by atoms with Gasteiger partial charge in [0.25, 0.3) is 0 Å². The van der Waals surface area contributed by atoms with Crippen molar-refractivity contribution >= 4 is 21.7 Å². The minimum atomic E-state index is 0.238. The number of carbonyl (C=O) groups is 1. The Balaban J connectivity index is 1.90. The molecular formula is C16H22BrNO. The number of carbonyl (C=O) groups excluding carboxylic acids is 1. The highest BCUT2D eigenvalue weighted by Crippen LogP contribution is 2.20. The van der Waals surface area contributed by atoms with E-state index in [1.54, 1.807) is 0 Å². The van der Waals surface area contributed by atoms with Crippen LogP contribution in [0.15, 0.2) is 28.7 Å². The average molecular weight is 324 g/mol. The lowest BCUT2D eigenvalue weighted by Crippen LogP contribution is -2.31. The molecule has 0 amide bonds. The topological polar surface area (TPSA) is 20.3 Å². The molecule has 1 heterocycles. The maximum absolute atomic E-state index is 12.2. The van der Waals surface area contributed by atoms with E-state index in [4.69, 9.17) is 0 Å². The Bertz CT molecular complexity index is 415. The molecule has 3 heteroatoms. The molecule has 0 N–H and O–H groups in total. The van der Waals surface area contributed by atoms with Crippen molar-refractivity contribution in [1.82, 2.24) is 4.90 Å². The van der Waals surface area contributed by atoms with Gasteiger partial charge in [0.15, 0.2) is 5.78 Å². The first-order valence-corrected chi connectivity index (χ1v) is 7.99. The molecule has 0 spiro atoms. The minimum absolute atomic E-state index is 0.238. The average Bonchev–Trinajstić information content (AvgIpc) is 2.64. The Labute approximate surface area is 124 Å². The van der Waals surface area contributed by atoms with Crippen molar-refractivity contribution in [2.24, 2.45) is 5.92 Å². The Kier molecular flexibility index (Phi) is 5.59. The predicted molar refractivity (Wildman–Crippen MR) is 82.5 cm³/mol. The van der Waals surface area contributed by atoms with Crippen molar-refractivity contribution in [2.75, 3.05) is 19.6 Å². The molecule has 0 aliphatic carbocycles. The molecule has 0 radical (unpaired) electrons. The van der Waals surface area contributed by atoms with Crippen molar-refractivity contribution in [3.63, 3.8) is 0 Å². The first-order valence-electron chi connectivity index (χ1n) is 7.20. The number of halogens is 1. The third-order valence-electron chi connectivity index (χ3n) is 4.05. The summed E-state index contributed by atoms with van der Waals surface area (Å²) in [7, 11) is 0. The smallest absolute Gasteiger partial charge is 0.176 e. The first-order chi connectivity index (χ1) is 9.19. The van der Waals surface area contributed by atoms with Crippen LogP contribution >= 0.6 is 15.9 Å². The Morgan fingerprint density at radius 2 is 2.00 bits per heavy atom. The van der Waals surface area contributed by atoms with Gasteiger partial charge in [-0.3, -0.25) is 9.69 Å². The maximum atomic E-state index is 12.2. The number of rotatable bonds is 4. The summed E-state index contributed by atoms with van der Waals surface area (Å²) in [5.74, 6) is 1.09. The van der Waals surface area contributed by atoms with E-state index in [1.807, 2.05) is 24.3 Å². The lowest BCUT2D eigenvalue weighted by atomic mass is 9.98. The Hall–Kier alpha value is -0.670. The first kappa shape index (κ1) is 14.7. The molecule has 1 unspecified atom stereocenters. The number of likely N-dealkylation sites (tertiary alicyclic amines) is 1. The van der Waals surface area contributed by atoms with Gasteiger partial charge in [0.05, 0.1) is 6.54 Å². The minimum Gasteiger partial charge on any atom is -0.296 e. The maximum Gasteiger partial charge on any atom is 0.176 e. The summed E-state index contributed by atoms with van der Waals surface area (Å²) in [5, 5.41) is 0. The summed E-state index contributed by atoms with van der Waals surface area (Å²) in [5.41, 5.74) is 0.819. The summed E-state index contributed by atoms with van der Waals surface area (Å²) >= 11 is 3.40. The SMILES string of the molecule is CCC1CCCN(CC(=O)c2ccc(Br)cc2)CC1. The van der Waals surface area contributed by atoms with Gasteiger partial charge in [-0.15, -0.1) is 0 Å². The van der Waals surface area contributed by atoms with Crippen LogP contribution in [0.5, 0.6) is 0 Å². The van der Waals surface area contributed by atoms with Crippen LogP contribution in [0.3, 0.4) is 0 Å². The molecule has 104 valence electrons. The zero-order valence-electron chi connectivity index (χ0n) is 11.6. The molecule has 19 heavy (non-hydrogen) atoms. The third-order valence-corrected chi connectivity index (χ3v) is 4.58. The second-order valence-electron chi connectivity index (χ2n) is 5.41. The van der Waals surface area contributed by atoms with E-state index in [2.05, 4.69) is 27.8 Å². The van der Waals surface area contributed by atoms with E-state index in [0.29, 0.717) is 6.54 Å². The molecule has 2 rings (SSSR count). The number of benzene rings is 1. The van der Waals surface area contributed by atoms with Crippen LogP contribution in [-0.4, -0.2) is 30.3 Å². The molecule has 1 saturated heterocycles. The van der Waals surface area contributed by atoms with Gasteiger partial charge in [0.2, 0.25) is 0 Å². The van der Waals surface area contributed by atoms with E-state index < -0.39 is 0 Å². The molecule has 1 aliphatic heterocycles. The standard InChI is InChI=1S/C16H22BrNO/c1-2-13-4-3-10-18(11-9-13)12-16(19)14-5-7-15(17)8-6-14/h5-8,13H,2-4,9-12H2,1H3. The third kappa shape index (κ3) is 4.43. The molecule has 1 aromatic carbocycles. The van der Waals surface area contributed by atoms with Crippen LogP contribution in [0.2, 0.25) is 0 Å². The van der Waals surface area contributed by atoms with Crippen LogP contribution in [0.1, 0.15) is 43.0 Å². The molecule has 0 aromatic heterocycles. The van der Waals surface area contributed by atoms with Crippen LogP contribution in [-0.2, 0) is 0 Å². The van der Waals surface area contributed by atoms with Crippen LogP contribution in [0.25, 0.3) is 0 Å². The fourth-order valence-electron chi connectivity index (χ4n) is 2.72. The fourth-order valence-corrected chi connectivity index (χ4v) is 2.99. The summed E-state index contributed by atoms with van der Waals surface area (Å²) < 4.78 is 1.02. The molecule has 1 aliphatic rings. The summed E-state index contributed by atoms with van der Waals surface area (Å²) in [6.45, 7) is 4.98. The summed E-state index contributed by atoms with van der Waals surface area (Å²) in [6, 6.07) is 7.67. The van der Waals surface area contributed by atoms with Gasteiger partial charge < -0.3 is 0 Å². The van der Waals surface area contributed by atoms with Crippen molar-refractivity contribution in [3.8, 4) is 0 Å². The Morgan fingerprint density at radius 1 is 1.26 bits per heavy atom. The highest BCUT2D eigenvalue weighted by molar-refractivity contribution is 9.10. The highest BCUT2D eigenvalue weighted by atomic mass is 79.9. The zero-order chi connectivity index (χ0) is 13.7. The number of hydrogen-bond acceptors (Lipinski definition) is 2. The van der Waals surface area contributed by atoms with Gasteiger partial charge in [-0.1, -0.05) is 41.4 Å². The molecule has 0 bridgehead atoms. The van der Waals surface area contributed by atoms with Gasteiger partial charge in [-0.2, -0.15) is 0 Å². The lowest BCUT2D eigenvalue weighted by Gasteiger charge is -2.19. The van der Waals surface area contributed by atoms with Crippen molar-refractivity contribution in [3.05, 3.63) is 34.3 Å². The van der Waals surface area contributed by atoms with Gasteiger partial charge in [0, 0.05) is 10.0 Å². The summed E-state index contributed by atoms with van der Waals surface area (Å²) in [4.78, 5) is 14.6. The van der Waals surface area contributed by atoms with E-state index in [9.17, 15) is 4.79 Å².